The maximum absolute atomic E-state index is 13.3. The first-order chi connectivity index (χ1) is 15.4. The number of aryl methyl sites for hydroxylation is 2. The second-order valence-electron chi connectivity index (χ2n) is 7.89. The molecular weight excluding hydrogens is 444 g/mol. The summed E-state index contributed by atoms with van der Waals surface area (Å²) in [6, 6.07) is 14.6. The van der Waals surface area contributed by atoms with Gasteiger partial charge in [0.2, 0.25) is 0 Å². The summed E-state index contributed by atoms with van der Waals surface area (Å²) in [5.41, 5.74) is 3.37. The number of amides is 2. The van der Waals surface area contributed by atoms with Crippen molar-refractivity contribution in [3.05, 3.63) is 75.1 Å². The Hall–Kier alpha value is -2.83. The first kappa shape index (κ1) is 22.4. The Kier molecular flexibility index (Phi) is 6.82. The highest BCUT2D eigenvalue weighted by molar-refractivity contribution is 7.17. The molecule has 0 aliphatic heterocycles. The van der Waals surface area contributed by atoms with E-state index in [0.717, 1.165) is 42.5 Å². The molecule has 0 spiro atoms. The van der Waals surface area contributed by atoms with Crippen LogP contribution >= 0.6 is 22.9 Å². The molecule has 0 unspecified atom stereocenters. The summed E-state index contributed by atoms with van der Waals surface area (Å²) in [4.78, 5) is 27.4. The molecule has 4 rings (SSSR count). The molecule has 1 aliphatic rings. The van der Waals surface area contributed by atoms with Crippen LogP contribution in [0.25, 0.3) is 0 Å². The molecule has 1 aliphatic carbocycles. The zero-order valence-electron chi connectivity index (χ0n) is 18.0. The molecule has 1 aromatic heterocycles. The fraction of sp³-hybridized carbons (Fsp3) is 0.280. The van der Waals surface area contributed by atoms with Crippen LogP contribution in [0.2, 0.25) is 5.02 Å². The van der Waals surface area contributed by atoms with Gasteiger partial charge in [-0.15, -0.1) is 11.3 Å². The van der Waals surface area contributed by atoms with Crippen LogP contribution < -0.4 is 15.4 Å². The van der Waals surface area contributed by atoms with Gasteiger partial charge in [-0.25, -0.2) is 0 Å². The quantitative estimate of drug-likeness (QED) is 0.449. The fourth-order valence-corrected chi connectivity index (χ4v) is 5.27. The van der Waals surface area contributed by atoms with E-state index in [0.29, 0.717) is 21.3 Å². The van der Waals surface area contributed by atoms with Crippen molar-refractivity contribution in [1.29, 1.82) is 0 Å². The first-order valence-electron chi connectivity index (χ1n) is 10.7. The van der Waals surface area contributed by atoms with E-state index in [4.69, 9.17) is 16.3 Å². The molecule has 5 nitrogen and oxygen atoms in total. The van der Waals surface area contributed by atoms with Crippen molar-refractivity contribution >= 4 is 45.4 Å². The number of para-hydroxylation sites is 1. The number of anilines is 2. The fourth-order valence-electron chi connectivity index (χ4n) is 3.80. The molecule has 1 heterocycles. The molecule has 0 saturated heterocycles. The SMILES string of the molecule is Cc1ccccc1NC(=O)c1c(NC(=O)[C@@H](C)Oc2cccc(Cl)c2)sc2c1CCCC2. The topological polar surface area (TPSA) is 67.4 Å². The maximum atomic E-state index is 13.3. The lowest BCUT2D eigenvalue weighted by Crippen LogP contribution is -2.30. The Balaban J connectivity index is 1.56. The van der Waals surface area contributed by atoms with Gasteiger partial charge in [0.1, 0.15) is 10.8 Å². The highest BCUT2D eigenvalue weighted by Crippen LogP contribution is 2.39. The minimum Gasteiger partial charge on any atom is -0.481 e. The van der Waals surface area contributed by atoms with Crippen LogP contribution in [0.5, 0.6) is 5.75 Å². The molecule has 0 saturated carbocycles. The van der Waals surface area contributed by atoms with E-state index in [9.17, 15) is 9.59 Å². The average molecular weight is 469 g/mol. The molecule has 166 valence electrons. The summed E-state index contributed by atoms with van der Waals surface area (Å²) in [6.45, 7) is 3.63. The van der Waals surface area contributed by atoms with Gasteiger partial charge in [0.05, 0.1) is 5.56 Å². The Morgan fingerprint density at radius 1 is 1.06 bits per heavy atom. The molecule has 2 amide bonds. The van der Waals surface area contributed by atoms with Crippen LogP contribution in [0.3, 0.4) is 0 Å². The lowest BCUT2D eigenvalue weighted by Gasteiger charge is -2.16. The molecule has 2 N–H and O–H groups in total. The van der Waals surface area contributed by atoms with Gasteiger partial charge in [0.15, 0.2) is 6.10 Å². The number of fused-ring (bicyclic) bond motifs is 1. The summed E-state index contributed by atoms with van der Waals surface area (Å²) < 4.78 is 5.75. The highest BCUT2D eigenvalue weighted by atomic mass is 35.5. The lowest BCUT2D eigenvalue weighted by molar-refractivity contribution is -0.122. The number of carbonyl (C=O) groups is 2. The zero-order chi connectivity index (χ0) is 22.7. The molecular formula is C25H25ClN2O3S. The molecule has 2 aromatic carbocycles. The Labute approximate surface area is 196 Å². The number of benzene rings is 2. The zero-order valence-corrected chi connectivity index (χ0v) is 19.6. The number of rotatable bonds is 6. The number of carbonyl (C=O) groups excluding carboxylic acids is 2. The van der Waals surface area contributed by atoms with E-state index in [1.54, 1.807) is 31.2 Å². The van der Waals surface area contributed by atoms with E-state index < -0.39 is 6.10 Å². The summed E-state index contributed by atoms with van der Waals surface area (Å²) in [5, 5.41) is 7.08. The summed E-state index contributed by atoms with van der Waals surface area (Å²) in [5.74, 6) is 0.00840. The third kappa shape index (κ3) is 4.97. The van der Waals surface area contributed by atoms with E-state index in [2.05, 4.69) is 10.6 Å². The molecule has 3 aromatic rings. The van der Waals surface area contributed by atoms with Gasteiger partial charge in [-0.2, -0.15) is 0 Å². The van der Waals surface area contributed by atoms with E-state index in [-0.39, 0.29) is 11.8 Å². The number of hydrogen-bond donors (Lipinski definition) is 2. The van der Waals surface area contributed by atoms with Crippen molar-refractivity contribution in [3.63, 3.8) is 0 Å². The van der Waals surface area contributed by atoms with Crippen LogP contribution in [0.15, 0.2) is 48.5 Å². The molecule has 7 heteroatoms. The molecule has 0 bridgehead atoms. The molecule has 1 atom stereocenters. The number of ether oxygens (including phenoxy) is 1. The standard InChI is InChI=1S/C25H25ClN2O3S/c1-15-8-3-5-12-20(15)27-24(30)22-19-11-4-6-13-21(19)32-25(22)28-23(29)16(2)31-18-10-7-9-17(26)14-18/h3,5,7-10,12,14,16H,4,6,11,13H2,1-2H3,(H,27,30)(H,28,29)/t16-/m1/s1. The number of halogens is 1. The van der Waals surface area contributed by atoms with Gasteiger partial charge in [-0.05, 0) is 74.9 Å². The summed E-state index contributed by atoms with van der Waals surface area (Å²) >= 11 is 7.50. The van der Waals surface area contributed by atoms with Gasteiger partial charge in [0.25, 0.3) is 11.8 Å². The normalized spacial score (nSPS) is 13.7. The molecule has 0 radical (unpaired) electrons. The van der Waals surface area contributed by atoms with Crippen molar-refractivity contribution in [2.75, 3.05) is 10.6 Å². The monoisotopic (exact) mass is 468 g/mol. The lowest BCUT2D eigenvalue weighted by atomic mass is 9.95. The van der Waals surface area contributed by atoms with Crippen molar-refractivity contribution in [2.24, 2.45) is 0 Å². The van der Waals surface area contributed by atoms with Crippen LogP contribution in [-0.2, 0) is 17.6 Å². The first-order valence-corrected chi connectivity index (χ1v) is 11.9. The van der Waals surface area contributed by atoms with E-state index in [1.165, 1.54) is 16.2 Å². The van der Waals surface area contributed by atoms with Crippen molar-refractivity contribution < 1.29 is 14.3 Å². The predicted octanol–water partition coefficient (Wildman–Crippen LogP) is 6.25. The van der Waals surface area contributed by atoms with Gasteiger partial charge in [-0.1, -0.05) is 35.9 Å². The van der Waals surface area contributed by atoms with Crippen LogP contribution in [0.4, 0.5) is 10.7 Å². The van der Waals surface area contributed by atoms with Crippen molar-refractivity contribution in [2.45, 2.75) is 45.6 Å². The largest absolute Gasteiger partial charge is 0.481 e. The third-order valence-corrected chi connectivity index (χ3v) is 6.95. The van der Waals surface area contributed by atoms with Gasteiger partial charge in [-0.3, -0.25) is 9.59 Å². The predicted molar refractivity (Wildman–Crippen MR) is 130 cm³/mol. The maximum Gasteiger partial charge on any atom is 0.265 e. The Morgan fingerprint density at radius 3 is 2.62 bits per heavy atom. The Morgan fingerprint density at radius 2 is 1.84 bits per heavy atom. The Bertz CT molecular complexity index is 1160. The second kappa shape index (κ2) is 9.76. The van der Waals surface area contributed by atoms with Crippen LogP contribution in [-0.4, -0.2) is 17.9 Å². The molecule has 32 heavy (non-hydrogen) atoms. The van der Waals surface area contributed by atoms with Gasteiger partial charge >= 0.3 is 0 Å². The third-order valence-electron chi connectivity index (χ3n) is 5.51. The minimum absolute atomic E-state index is 0.197. The highest BCUT2D eigenvalue weighted by Gasteiger charge is 2.28. The number of thiophene rings is 1. The second-order valence-corrected chi connectivity index (χ2v) is 9.43. The van der Waals surface area contributed by atoms with E-state index in [1.807, 2.05) is 31.2 Å². The van der Waals surface area contributed by atoms with Crippen molar-refractivity contribution in [3.8, 4) is 5.75 Å². The molecule has 0 fully saturated rings. The number of hydrogen-bond acceptors (Lipinski definition) is 4. The average Bonchev–Trinajstić information content (AvgIpc) is 3.13. The van der Waals surface area contributed by atoms with E-state index >= 15 is 0 Å². The minimum atomic E-state index is -0.750. The number of nitrogens with one attached hydrogen (secondary N) is 2. The summed E-state index contributed by atoms with van der Waals surface area (Å²) in [7, 11) is 0. The summed E-state index contributed by atoms with van der Waals surface area (Å²) in [6.07, 6.45) is 3.14. The van der Waals surface area contributed by atoms with Gasteiger partial charge in [0, 0.05) is 15.6 Å². The van der Waals surface area contributed by atoms with Gasteiger partial charge < -0.3 is 15.4 Å². The van der Waals surface area contributed by atoms with Crippen LogP contribution in [0, 0.1) is 6.92 Å². The van der Waals surface area contributed by atoms with Crippen molar-refractivity contribution in [1.82, 2.24) is 0 Å². The smallest absolute Gasteiger partial charge is 0.265 e. The van der Waals surface area contributed by atoms with Crippen LogP contribution in [0.1, 0.15) is 46.1 Å².